The summed E-state index contributed by atoms with van der Waals surface area (Å²) >= 11 is 0. The van der Waals surface area contributed by atoms with Gasteiger partial charge in [0, 0.05) is 23.6 Å². The average molecular weight is 452 g/mol. The highest BCUT2D eigenvalue weighted by Gasteiger charge is 2.14. The zero-order valence-corrected chi connectivity index (χ0v) is 17.5. The fraction of sp³-hybridized carbons (Fsp3) is 0.111. The molecule has 0 saturated heterocycles. The maximum atomic E-state index is 14.5. The van der Waals surface area contributed by atoms with Crippen molar-refractivity contribution in [2.75, 3.05) is 13.7 Å². The summed E-state index contributed by atoms with van der Waals surface area (Å²) in [6.07, 6.45) is 0.405. The maximum absolute atomic E-state index is 14.5. The Morgan fingerprint density at radius 3 is 2.00 bits per heavy atom. The summed E-state index contributed by atoms with van der Waals surface area (Å²) in [7, 11) is 1.52. The molecule has 0 atom stereocenters. The van der Waals surface area contributed by atoms with Crippen LogP contribution in [0.1, 0.15) is 16.7 Å². The topological polar surface area (TPSA) is 9.23 Å². The number of hydrogen-bond acceptors (Lipinski definition) is 1. The standard InChI is InChI=1S/C27H17F5O/c1-33-11-10-18-13-22(28)25(23(29)14-18)19-7-4-16(5-8-19)2-3-17-6-9-21-20(12-17)15-24(30)27(32)26(21)31/h4-9,12-15H,10-11H2,1H3. The molecule has 0 radical (unpaired) electrons. The molecule has 4 aromatic rings. The van der Waals surface area contributed by atoms with Gasteiger partial charge < -0.3 is 4.74 Å². The second-order valence-corrected chi connectivity index (χ2v) is 7.43. The molecule has 4 rings (SSSR count). The van der Waals surface area contributed by atoms with Crippen LogP contribution in [0.15, 0.2) is 60.7 Å². The number of halogens is 5. The Hall–Kier alpha value is -3.69. The van der Waals surface area contributed by atoms with Crippen LogP contribution in [-0.2, 0) is 11.2 Å². The van der Waals surface area contributed by atoms with Crippen LogP contribution in [0.3, 0.4) is 0 Å². The van der Waals surface area contributed by atoms with Gasteiger partial charge in [-0.3, -0.25) is 0 Å². The largest absolute Gasteiger partial charge is 0.384 e. The molecule has 0 heterocycles. The summed E-state index contributed by atoms with van der Waals surface area (Å²) in [6.45, 7) is 0.365. The second-order valence-electron chi connectivity index (χ2n) is 7.43. The van der Waals surface area contributed by atoms with E-state index >= 15 is 0 Å². The molecule has 0 bridgehead atoms. The molecule has 0 fully saturated rings. The lowest BCUT2D eigenvalue weighted by Gasteiger charge is -2.08. The van der Waals surface area contributed by atoms with Crippen molar-refractivity contribution in [2.45, 2.75) is 6.42 Å². The highest BCUT2D eigenvalue weighted by Crippen LogP contribution is 2.28. The highest BCUT2D eigenvalue weighted by molar-refractivity contribution is 5.84. The smallest absolute Gasteiger partial charge is 0.195 e. The quantitative estimate of drug-likeness (QED) is 0.188. The normalized spacial score (nSPS) is 10.8. The molecule has 0 aromatic heterocycles. The Balaban J connectivity index is 1.59. The molecule has 166 valence electrons. The van der Waals surface area contributed by atoms with Gasteiger partial charge in [0.15, 0.2) is 17.5 Å². The van der Waals surface area contributed by atoms with Crippen LogP contribution in [0.4, 0.5) is 22.0 Å². The summed E-state index contributed by atoms with van der Waals surface area (Å²) < 4.78 is 74.7. The van der Waals surface area contributed by atoms with Crippen molar-refractivity contribution >= 4 is 10.8 Å². The van der Waals surface area contributed by atoms with Gasteiger partial charge in [0.25, 0.3) is 0 Å². The van der Waals surface area contributed by atoms with Crippen molar-refractivity contribution in [1.29, 1.82) is 0 Å². The van der Waals surface area contributed by atoms with Gasteiger partial charge in [0.2, 0.25) is 0 Å². The first-order valence-electron chi connectivity index (χ1n) is 10.0. The summed E-state index contributed by atoms with van der Waals surface area (Å²) in [5.41, 5.74) is 1.80. The summed E-state index contributed by atoms with van der Waals surface area (Å²) in [5, 5.41) is 0.148. The molecular formula is C27H17F5O. The molecular weight excluding hydrogens is 435 g/mol. The van der Waals surface area contributed by atoms with E-state index in [0.717, 1.165) is 6.07 Å². The van der Waals surface area contributed by atoms with Gasteiger partial charge in [-0.25, -0.2) is 22.0 Å². The molecule has 1 nitrogen and oxygen atoms in total. The minimum atomic E-state index is -1.51. The fourth-order valence-electron chi connectivity index (χ4n) is 3.51. The Morgan fingerprint density at radius 1 is 0.697 bits per heavy atom. The zero-order valence-electron chi connectivity index (χ0n) is 17.5. The molecule has 0 spiro atoms. The molecule has 0 aliphatic carbocycles. The Morgan fingerprint density at radius 2 is 1.33 bits per heavy atom. The predicted octanol–water partition coefficient (Wildman–Crippen LogP) is 6.79. The average Bonchev–Trinajstić information content (AvgIpc) is 2.80. The van der Waals surface area contributed by atoms with E-state index in [0.29, 0.717) is 35.3 Å². The van der Waals surface area contributed by atoms with Gasteiger partial charge in [-0.2, -0.15) is 0 Å². The lowest BCUT2D eigenvalue weighted by atomic mass is 10.00. The number of rotatable bonds is 4. The van der Waals surface area contributed by atoms with Crippen molar-refractivity contribution in [3.8, 4) is 23.0 Å². The van der Waals surface area contributed by atoms with Gasteiger partial charge in [-0.05, 0) is 65.4 Å². The van der Waals surface area contributed by atoms with E-state index in [-0.39, 0.29) is 16.3 Å². The van der Waals surface area contributed by atoms with E-state index in [1.165, 1.54) is 37.4 Å². The molecule has 33 heavy (non-hydrogen) atoms. The number of methoxy groups -OCH3 is 1. The van der Waals surface area contributed by atoms with Crippen molar-refractivity contribution < 1.29 is 26.7 Å². The molecule has 0 aliphatic heterocycles. The highest BCUT2D eigenvalue weighted by atomic mass is 19.2. The number of hydrogen-bond donors (Lipinski definition) is 0. The Labute approximate surface area is 187 Å². The molecule has 0 N–H and O–H groups in total. The number of ether oxygens (including phenoxy) is 1. The molecule has 0 aliphatic rings. The Kier molecular flexibility index (Phi) is 6.43. The number of benzene rings is 4. The van der Waals surface area contributed by atoms with Crippen molar-refractivity contribution in [2.24, 2.45) is 0 Å². The second kappa shape index (κ2) is 9.43. The van der Waals surface area contributed by atoms with Crippen LogP contribution in [-0.4, -0.2) is 13.7 Å². The first kappa shape index (κ1) is 22.5. The summed E-state index contributed by atoms with van der Waals surface area (Å²) in [4.78, 5) is 0. The van der Waals surface area contributed by atoms with Gasteiger partial charge in [0.05, 0.1) is 12.2 Å². The third-order valence-corrected chi connectivity index (χ3v) is 5.19. The lowest BCUT2D eigenvalue weighted by Crippen LogP contribution is -1.98. The van der Waals surface area contributed by atoms with E-state index in [1.54, 1.807) is 24.3 Å². The molecule has 6 heteroatoms. The summed E-state index contributed by atoms with van der Waals surface area (Å²) in [6, 6.07) is 14.2. The molecule has 0 unspecified atom stereocenters. The van der Waals surface area contributed by atoms with Crippen LogP contribution in [0.25, 0.3) is 21.9 Å². The molecule has 4 aromatic carbocycles. The fourth-order valence-corrected chi connectivity index (χ4v) is 3.51. The predicted molar refractivity (Wildman–Crippen MR) is 117 cm³/mol. The van der Waals surface area contributed by atoms with E-state index in [4.69, 9.17) is 4.74 Å². The number of fused-ring (bicyclic) bond motifs is 1. The van der Waals surface area contributed by atoms with Gasteiger partial charge in [-0.15, -0.1) is 0 Å². The van der Waals surface area contributed by atoms with E-state index in [1.807, 2.05) is 0 Å². The van der Waals surface area contributed by atoms with Crippen molar-refractivity contribution in [3.05, 3.63) is 106 Å². The zero-order chi connectivity index (χ0) is 23.5. The van der Waals surface area contributed by atoms with Crippen molar-refractivity contribution in [1.82, 2.24) is 0 Å². The van der Waals surface area contributed by atoms with Gasteiger partial charge in [-0.1, -0.05) is 30.0 Å². The van der Waals surface area contributed by atoms with Crippen LogP contribution < -0.4 is 0 Å². The molecule has 0 saturated carbocycles. The van der Waals surface area contributed by atoms with Crippen LogP contribution in [0.5, 0.6) is 0 Å². The van der Waals surface area contributed by atoms with Crippen LogP contribution in [0, 0.1) is 40.9 Å². The van der Waals surface area contributed by atoms with E-state index in [2.05, 4.69) is 11.8 Å². The monoisotopic (exact) mass is 452 g/mol. The Bertz CT molecular complexity index is 1380. The van der Waals surface area contributed by atoms with E-state index < -0.39 is 29.1 Å². The summed E-state index contributed by atoms with van der Waals surface area (Å²) in [5.74, 6) is 0.410. The van der Waals surface area contributed by atoms with Crippen LogP contribution in [0.2, 0.25) is 0 Å². The minimum absolute atomic E-state index is 0.0407. The van der Waals surface area contributed by atoms with E-state index in [9.17, 15) is 22.0 Å². The first-order valence-corrected chi connectivity index (χ1v) is 10.0. The third-order valence-electron chi connectivity index (χ3n) is 5.19. The maximum Gasteiger partial charge on any atom is 0.195 e. The van der Waals surface area contributed by atoms with Gasteiger partial charge >= 0.3 is 0 Å². The minimum Gasteiger partial charge on any atom is -0.384 e. The van der Waals surface area contributed by atoms with Gasteiger partial charge in [0.1, 0.15) is 11.6 Å². The lowest BCUT2D eigenvalue weighted by molar-refractivity contribution is 0.202. The third kappa shape index (κ3) is 4.74. The first-order chi connectivity index (χ1) is 15.9. The molecule has 0 amide bonds. The van der Waals surface area contributed by atoms with Crippen LogP contribution >= 0.6 is 0 Å². The van der Waals surface area contributed by atoms with Crippen molar-refractivity contribution in [3.63, 3.8) is 0 Å². The SMILES string of the molecule is COCCc1cc(F)c(-c2ccc(C#Cc3ccc4c(F)c(F)c(F)cc4c3)cc2)c(F)c1.